The summed E-state index contributed by atoms with van der Waals surface area (Å²) in [4.78, 5) is 18.8. The Morgan fingerprint density at radius 2 is 1.19 bits per heavy atom. The maximum absolute atomic E-state index is 13.0. The van der Waals surface area contributed by atoms with Crippen LogP contribution < -0.4 is 11.2 Å². The molecule has 8 nitrogen and oxygen atoms in total. The lowest BCUT2D eigenvalue weighted by atomic mass is 9.96. The fourth-order valence-corrected chi connectivity index (χ4v) is 4.30. The van der Waals surface area contributed by atoms with E-state index < -0.39 is 29.5 Å². The highest BCUT2D eigenvalue weighted by Gasteiger charge is 2.31. The second-order valence-corrected chi connectivity index (χ2v) is 9.82. The minimum absolute atomic E-state index is 0.0853. The van der Waals surface area contributed by atoms with Crippen LogP contribution in [0.2, 0.25) is 0 Å². The van der Waals surface area contributed by atoms with Crippen molar-refractivity contribution < 1.29 is 41.6 Å². The lowest BCUT2D eigenvalue weighted by Crippen LogP contribution is -2.33. The molecule has 0 bridgehead atoms. The summed E-state index contributed by atoms with van der Waals surface area (Å²) < 4.78 is 77.5. The summed E-state index contributed by atoms with van der Waals surface area (Å²) in [5.74, 6) is 0. The van der Waals surface area contributed by atoms with E-state index in [0.29, 0.717) is 45.9 Å². The highest BCUT2D eigenvalue weighted by molar-refractivity contribution is 5.80. The van der Waals surface area contributed by atoms with Crippen LogP contribution in [0.3, 0.4) is 0 Å². The fraction of sp³-hybridized carbons (Fsp3) is 0.182. The van der Waals surface area contributed by atoms with Gasteiger partial charge >= 0.3 is 18.4 Å². The van der Waals surface area contributed by atoms with Gasteiger partial charge in [-0.25, -0.2) is 15.3 Å². The quantitative estimate of drug-likeness (QED) is 0.0602. The number of carbonyl (C=O) groups excluding carboxylic acids is 1. The summed E-state index contributed by atoms with van der Waals surface area (Å²) in [6.45, 7) is 0.223. The van der Waals surface area contributed by atoms with E-state index in [-0.39, 0.29) is 13.0 Å². The SMILES string of the molecule is NC(=O)N(O)CCC=C(c1cccnc1)c1cccc(C(F)(F)F)c1.ONCCC=C(c1cccnc1)c1cccc(C(F)(F)F)c1. The molecular formula is C33H31F6N5O3. The smallest absolute Gasteiger partial charge is 0.350 e. The van der Waals surface area contributed by atoms with Gasteiger partial charge in [-0.1, -0.05) is 48.6 Å². The number of amides is 2. The molecule has 0 radical (unpaired) electrons. The number of benzene rings is 2. The van der Waals surface area contributed by atoms with Crippen LogP contribution in [-0.4, -0.2) is 44.6 Å². The van der Waals surface area contributed by atoms with Gasteiger partial charge in [0.25, 0.3) is 0 Å². The third-order valence-electron chi connectivity index (χ3n) is 6.50. The molecule has 248 valence electrons. The van der Waals surface area contributed by atoms with Gasteiger partial charge in [0.05, 0.1) is 17.7 Å². The Hall–Kier alpha value is -5.05. The summed E-state index contributed by atoms with van der Waals surface area (Å²) in [6, 6.07) is 16.0. The van der Waals surface area contributed by atoms with Gasteiger partial charge in [-0.15, -0.1) is 0 Å². The number of hydrogen-bond acceptors (Lipinski definition) is 6. The van der Waals surface area contributed by atoms with Crippen LogP contribution in [0.5, 0.6) is 0 Å². The zero-order chi connectivity index (χ0) is 34.5. The average Bonchev–Trinajstić information content (AvgIpc) is 3.05. The predicted molar refractivity (Wildman–Crippen MR) is 163 cm³/mol. The molecule has 0 unspecified atom stereocenters. The first-order valence-corrected chi connectivity index (χ1v) is 14.0. The first-order chi connectivity index (χ1) is 22.3. The van der Waals surface area contributed by atoms with Gasteiger partial charge in [-0.2, -0.15) is 26.3 Å². The molecule has 0 saturated heterocycles. The fourth-order valence-electron chi connectivity index (χ4n) is 4.30. The van der Waals surface area contributed by atoms with Crippen LogP contribution in [0.1, 0.15) is 46.2 Å². The van der Waals surface area contributed by atoms with Gasteiger partial charge in [0.1, 0.15) is 0 Å². The molecule has 47 heavy (non-hydrogen) atoms. The van der Waals surface area contributed by atoms with Crippen LogP contribution in [0.15, 0.2) is 110 Å². The Morgan fingerprint density at radius 1 is 0.745 bits per heavy atom. The van der Waals surface area contributed by atoms with Crippen molar-refractivity contribution in [3.05, 3.63) is 143 Å². The first kappa shape index (κ1) is 36.4. The zero-order valence-corrected chi connectivity index (χ0v) is 24.7. The number of nitrogens with one attached hydrogen (secondary N) is 1. The van der Waals surface area contributed by atoms with Gasteiger partial charge in [0.15, 0.2) is 0 Å². The second kappa shape index (κ2) is 17.0. The predicted octanol–water partition coefficient (Wildman–Crippen LogP) is 7.59. The molecule has 0 aliphatic heterocycles. The zero-order valence-electron chi connectivity index (χ0n) is 24.7. The molecule has 0 atom stereocenters. The average molecular weight is 660 g/mol. The molecular weight excluding hydrogens is 628 g/mol. The number of carbonyl (C=O) groups is 1. The molecule has 2 aromatic carbocycles. The van der Waals surface area contributed by atoms with E-state index in [4.69, 9.17) is 10.9 Å². The summed E-state index contributed by atoms with van der Waals surface area (Å²) in [5, 5.41) is 18.3. The summed E-state index contributed by atoms with van der Waals surface area (Å²) in [7, 11) is 0. The van der Waals surface area contributed by atoms with E-state index in [9.17, 15) is 36.3 Å². The topological polar surface area (TPSA) is 125 Å². The molecule has 2 aromatic heterocycles. The molecule has 0 aliphatic carbocycles. The van der Waals surface area contributed by atoms with Crippen LogP contribution in [0.25, 0.3) is 11.1 Å². The van der Waals surface area contributed by atoms with Gasteiger partial charge in [0.2, 0.25) is 0 Å². The Bertz CT molecular complexity index is 1650. The molecule has 2 amide bonds. The standard InChI is InChI=1S/C17H16F3N3O2.C16H15F3N2O/c18-17(19,20)14-6-1-4-12(10-14)15(13-5-2-8-22-11-13)7-3-9-23(25)16(21)24;17-16(18,19)14-6-1-4-12(10-14)15(7-3-9-21-22)13-5-2-8-20-11-13/h1-2,4-8,10-11,25H,3,9H2,(H2,21,24);1-2,4-8,10-11,21-22H,3,9H2. The lowest BCUT2D eigenvalue weighted by Gasteiger charge is -2.13. The summed E-state index contributed by atoms with van der Waals surface area (Å²) in [5.41, 5.74) is 8.80. The highest BCUT2D eigenvalue weighted by Crippen LogP contribution is 2.34. The van der Waals surface area contributed by atoms with Crippen LogP contribution in [0.4, 0.5) is 31.1 Å². The number of hydroxylamine groups is 3. The third-order valence-corrected chi connectivity index (χ3v) is 6.50. The van der Waals surface area contributed by atoms with Crippen molar-refractivity contribution in [1.29, 1.82) is 0 Å². The van der Waals surface area contributed by atoms with E-state index in [1.807, 2.05) is 5.48 Å². The number of nitrogens with two attached hydrogens (primary N) is 1. The number of rotatable bonds is 10. The normalized spacial score (nSPS) is 12.3. The monoisotopic (exact) mass is 659 g/mol. The van der Waals surface area contributed by atoms with Crippen molar-refractivity contribution in [3.63, 3.8) is 0 Å². The molecule has 14 heteroatoms. The first-order valence-electron chi connectivity index (χ1n) is 14.0. The number of pyridine rings is 2. The number of halogens is 6. The Labute approximate surface area is 266 Å². The molecule has 4 aromatic rings. The molecule has 4 rings (SSSR count). The molecule has 0 aliphatic rings. The summed E-state index contributed by atoms with van der Waals surface area (Å²) >= 11 is 0. The molecule has 0 fully saturated rings. The van der Waals surface area contributed by atoms with E-state index >= 15 is 0 Å². The minimum Gasteiger partial charge on any atom is -0.350 e. The van der Waals surface area contributed by atoms with Gasteiger partial charge in [0, 0.05) is 42.5 Å². The van der Waals surface area contributed by atoms with Crippen LogP contribution in [0, 0.1) is 0 Å². The number of alkyl halides is 6. The maximum Gasteiger partial charge on any atom is 0.416 e. The largest absolute Gasteiger partial charge is 0.416 e. The number of nitrogens with zero attached hydrogens (tertiary/aromatic N) is 3. The van der Waals surface area contributed by atoms with Crippen molar-refractivity contribution in [2.45, 2.75) is 25.2 Å². The van der Waals surface area contributed by atoms with Gasteiger partial charge in [-0.05, 0) is 71.5 Å². The minimum atomic E-state index is -4.45. The maximum atomic E-state index is 13.0. The van der Waals surface area contributed by atoms with Crippen LogP contribution in [-0.2, 0) is 12.4 Å². The van der Waals surface area contributed by atoms with Crippen molar-refractivity contribution in [2.24, 2.45) is 5.73 Å². The van der Waals surface area contributed by atoms with Crippen molar-refractivity contribution in [2.75, 3.05) is 13.1 Å². The van der Waals surface area contributed by atoms with E-state index in [1.165, 1.54) is 18.3 Å². The Morgan fingerprint density at radius 3 is 1.57 bits per heavy atom. The third kappa shape index (κ3) is 11.4. The number of primary amides is 1. The Balaban J connectivity index is 0.000000257. The number of aromatic nitrogens is 2. The molecule has 5 N–H and O–H groups in total. The molecule has 0 spiro atoms. The molecule has 0 saturated carbocycles. The number of urea groups is 1. The van der Waals surface area contributed by atoms with Gasteiger partial charge in [-0.3, -0.25) is 15.2 Å². The summed E-state index contributed by atoms with van der Waals surface area (Å²) in [6.07, 6.45) is 1.49. The number of hydrogen-bond donors (Lipinski definition) is 4. The van der Waals surface area contributed by atoms with Crippen molar-refractivity contribution >= 4 is 17.2 Å². The Kier molecular flexibility index (Phi) is 13.2. The lowest BCUT2D eigenvalue weighted by molar-refractivity contribution is -0.138. The molecule has 2 heterocycles. The van der Waals surface area contributed by atoms with E-state index in [0.717, 1.165) is 29.8 Å². The van der Waals surface area contributed by atoms with E-state index in [1.54, 1.807) is 67.1 Å². The second-order valence-electron chi connectivity index (χ2n) is 9.82. The van der Waals surface area contributed by atoms with E-state index in [2.05, 4.69) is 9.97 Å². The van der Waals surface area contributed by atoms with Crippen LogP contribution >= 0.6 is 0 Å². The van der Waals surface area contributed by atoms with Crippen molar-refractivity contribution in [3.8, 4) is 0 Å². The van der Waals surface area contributed by atoms with Crippen molar-refractivity contribution in [1.82, 2.24) is 20.5 Å². The highest BCUT2D eigenvalue weighted by atomic mass is 19.4. The van der Waals surface area contributed by atoms with Gasteiger partial charge < -0.3 is 10.9 Å².